The van der Waals surface area contributed by atoms with E-state index in [1.807, 2.05) is 0 Å². The lowest BCUT2D eigenvalue weighted by Crippen LogP contribution is -2.30. The molecule has 5 nitrogen and oxygen atoms in total. The van der Waals surface area contributed by atoms with E-state index in [-0.39, 0.29) is 0 Å². The Hall–Kier alpha value is -0.530. The molecule has 98 valence electrons. The third kappa shape index (κ3) is 5.56. The molecule has 1 aromatic rings. The molecule has 1 aromatic heterocycles. The first kappa shape index (κ1) is 14.5. The van der Waals surface area contributed by atoms with Gasteiger partial charge >= 0.3 is 0 Å². The number of aromatic nitrogens is 1. The monoisotopic (exact) mass is 259 g/mol. The minimum Gasteiger partial charge on any atom is -0.383 e. The van der Waals surface area contributed by atoms with Crippen LogP contribution in [0.2, 0.25) is 0 Å². The van der Waals surface area contributed by atoms with Gasteiger partial charge in [-0.3, -0.25) is 4.90 Å². The quantitative estimate of drug-likeness (QED) is 0.707. The van der Waals surface area contributed by atoms with Gasteiger partial charge in [0, 0.05) is 45.8 Å². The summed E-state index contributed by atoms with van der Waals surface area (Å²) in [5.41, 5.74) is 6.62. The van der Waals surface area contributed by atoms with Crippen molar-refractivity contribution in [2.45, 2.75) is 13.1 Å². The second-order valence-electron chi connectivity index (χ2n) is 3.70. The maximum atomic E-state index is 5.55. The average molecular weight is 259 g/mol. The zero-order valence-electron chi connectivity index (χ0n) is 10.5. The van der Waals surface area contributed by atoms with Crippen LogP contribution >= 0.6 is 11.3 Å². The molecule has 0 radical (unpaired) electrons. The van der Waals surface area contributed by atoms with Crippen LogP contribution in [0.3, 0.4) is 0 Å². The Bertz CT molecular complexity index is 299. The van der Waals surface area contributed by atoms with Crippen LogP contribution in [-0.4, -0.2) is 50.4 Å². The van der Waals surface area contributed by atoms with Crippen molar-refractivity contribution in [1.29, 1.82) is 0 Å². The van der Waals surface area contributed by atoms with Crippen molar-refractivity contribution < 1.29 is 9.47 Å². The summed E-state index contributed by atoms with van der Waals surface area (Å²) in [4.78, 5) is 6.72. The summed E-state index contributed by atoms with van der Waals surface area (Å²) in [5.74, 6) is 0. The molecule has 0 spiro atoms. The molecule has 0 unspecified atom stereocenters. The molecular weight excluding hydrogens is 238 g/mol. The van der Waals surface area contributed by atoms with E-state index in [0.717, 1.165) is 43.5 Å². The zero-order valence-corrected chi connectivity index (χ0v) is 11.3. The molecule has 1 heterocycles. The SMILES string of the molecule is COCCN(CCOC)Cc1csc(CN)n1. The first-order chi connectivity index (χ1) is 8.30. The van der Waals surface area contributed by atoms with E-state index in [4.69, 9.17) is 15.2 Å². The van der Waals surface area contributed by atoms with Gasteiger partial charge in [0.1, 0.15) is 5.01 Å². The lowest BCUT2D eigenvalue weighted by atomic mass is 10.4. The van der Waals surface area contributed by atoms with Crippen LogP contribution in [0.5, 0.6) is 0 Å². The molecule has 0 aliphatic rings. The highest BCUT2D eigenvalue weighted by atomic mass is 32.1. The van der Waals surface area contributed by atoms with Crippen molar-refractivity contribution >= 4 is 11.3 Å². The van der Waals surface area contributed by atoms with Gasteiger partial charge in [-0.1, -0.05) is 0 Å². The largest absolute Gasteiger partial charge is 0.383 e. The molecule has 0 fully saturated rings. The van der Waals surface area contributed by atoms with Gasteiger partial charge < -0.3 is 15.2 Å². The number of methoxy groups -OCH3 is 2. The van der Waals surface area contributed by atoms with E-state index in [2.05, 4.69) is 15.3 Å². The highest BCUT2D eigenvalue weighted by molar-refractivity contribution is 7.09. The minimum atomic E-state index is 0.515. The fraction of sp³-hybridized carbons (Fsp3) is 0.727. The number of hydrogen-bond acceptors (Lipinski definition) is 6. The molecule has 0 aliphatic carbocycles. The molecule has 0 aliphatic heterocycles. The highest BCUT2D eigenvalue weighted by Crippen LogP contribution is 2.11. The van der Waals surface area contributed by atoms with Gasteiger partial charge in [0.15, 0.2) is 0 Å². The van der Waals surface area contributed by atoms with Crippen LogP contribution in [0, 0.1) is 0 Å². The van der Waals surface area contributed by atoms with Crippen molar-refractivity contribution in [1.82, 2.24) is 9.88 Å². The molecule has 0 aromatic carbocycles. The Kier molecular flexibility index (Phi) is 7.30. The van der Waals surface area contributed by atoms with E-state index < -0.39 is 0 Å². The van der Waals surface area contributed by atoms with Crippen LogP contribution in [0.25, 0.3) is 0 Å². The van der Waals surface area contributed by atoms with E-state index >= 15 is 0 Å². The topological polar surface area (TPSA) is 60.6 Å². The average Bonchev–Trinajstić information content (AvgIpc) is 2.80. The lowest BCUT2D eigenvalue weighted by Gasteiger charge is -2.20. The second kappa shape index (κ2) is 8.54. The Morgan fingerprint density at radius 3 is 2.41 bits per heavy atom. The number of nitrogens with zero attached hydrogens (tertiary/aromatic N) is 2. The Labute approximate surface area is 107 Å². The van der Waals surface area contributed by atoms with Crippen molar-refractivity contribution in [3.05, 3.63) is 16.1 Å². The molecule has 0 amide bonds. The van der Waals surface area contributed by atoms with Gasteiger partial charge in [0.2, 0.25) is 0 Å². The van der Waals surface area contributed by atoms with Crippen molar-refractivity contribution in [2.75, 3.05) is 40.5 Å². The molecule has 0 saturated heterocycles. The van der Waals surface area contributed by atoms with Gasteiger partial charge in [-0.05, 0) is 0 Å². The first-order valence-corrected chi connectivity index (χ1v) is 6.51. The van der Waals surface area contributed by atoms with Crippen LogP contribution in [0.1, 0.15) is 10.7 Å². The summed E-state index contributed by atoms with van der Waals surface area (Å²) in [5, 5.41) is 3.05. The molecule has 0 saturated carbocycles. The van der Waals surface area contributed by atoms with Gasteiger partial charge in [0.05, 0.1) is 18.9 Å². The van der Waals surface area contributed by atoms with Gasteiger partial charge in [-0.25, -0.2) is 4.98 Å². The molecule has 6 heteroatoms. The lowest BCUT2D eigenvalue weighted by molar-refractivity contribution is 0.109. The summed E-state index contributed by atoms with van der Waals surface area (Å²) in [6.07, 6.45) is 0. The maximum absolute atomic E-state index is 5.55. The summed E-state index contributed by atoms with van der Waals surface area (Å²) in [6, 6.07) is 0. The van der Waals surface area contributed by atoms with E-state index in [1.54, 1.807) is 25.6 Å². The Morgan fingerprint density at radius 1 is 1.29 bits per heavy atom. The van der Waals surface area contributed by atoms with Gasteiger partial charge in [0.25, 0.3) is 0 Å². The fourth-order valence-electron chi connectivity index (χ4n) is 1.46. The summed E-state index contributed by atoms with van der Waals surface area (Å²) >= 11 is 1.61. The number of hydrogen-bond donors (Lipinski definition) is 1. The van der Waals surface area contributed by atoms with Crippen LogP contribution in [0.15, 0.2) is 5.38 Å². The van der Waals surface area contributed by atoms with E-state index in [0.29, 0.717) is 6.54 Å². The third-order valence-corrected chi connectivity index (χ3v) is 3.30. The molecule has 2 N–H and O–H groups in total. The second-order valence-corrected chi connectivity index (χ2v) is 4.64. The van der Waals surface area contributed by atoms with Crippen LogP contribution in [0.4, 0.5) is 0 Å². The zero-order chi connectivity index (χ0) is 12.5. The molecule has 17 heavy (non-hydrogen) atoms. The summed E-state index contributed by atoms with van der Waals surface area (Å²) in [6.45, 7) is 4.55. The fourth-order valence-corrected chi connectivity index (χ4v) is 2.12. The van der Waals surface area contributed by atoms with Crippen molar-refractivity contribution in [2.24, 2.45) is 5.73 Å². The van der Waals surface area contributed by atoms with E-state index in [9.17, 15) is 0 Å². The summed E-state index contributed by atoms with van der Waals surface area (Å²) in [7, 11) is 3.42. The van der Waals surface area contributed by atoms with E-state index in [1.165, 1.54) is 0 Å². The molecular formula is C11H21N3O2S. The predicted octanol–water partition coefficient (Wildman–Crippen LogP) is 0.697. The number of ether oxygens (including phenoxy) is 2. The maximum Gasteiger partial charge on any atom is 0.106 e. The van der Waals surface area contributed by atoms with Crippen molar-refractivity contribution in [3.63, 3.8) is 0 Å². The Balaban J connectivity index is 2.45. The summed E-state index contributed by atoms with van der Waals surface area (Å²) < 4.78 is 10.2. The Morgan fingerprint density at radius 2 is 1.94 bits per heavy atom. The third-order valence-electron chi connectivity index (χ3n) is 2.38. The highest BCUT2D eigenvalue weighted by Gasteiger charge is 2.08. The molecule has 0 atom stereocenters. The van der Waals surface area contributed by atoms with Crippen LogP contribution < -0.4 is 5.73 Å². The smallest absolute Gasteiger partial charge is 0.106 e. The molecule has 1 rings (SSSR count). The number of nitrogens with two attached hydrogens (primary N) is 1. The van der Waals surface area contributed by atoms with Crippen LogP contribution in [-0.2, 0) is 22.6 Å². The number of rotatable bonds is 9. The standard InChI is InChI=1S/C11H21N3O2S/c1-15-5-3-14(4-6-16-2)8-10-9-17-11(7-12)13-10/h9H,3-8,12H2,1-2H3. The normalized spacial score (nSPS) is 11.3. The number of thiazole rings is 1. The molecule has 0 bridgehead atoms. The predicted molar refractivity (Wildman–Crippen MR) is 69.0 cm³/mol. The van der Waals surface area contributed by atoms with Gasteiger partial charge in [-0.15, -0.1) is 11.3 Å². The first-order valence-electron chi connectivity index (χ1n) is 5.63. The van der Waals surface area contributed by atoms with Crippen molar-refractivity contribution in [3.8, 4) is 0 Å². The minimum absolute atomic E-state index is 0.515. The van der Waals surface area contributed by atoms with Gasteiger partial charge in [-0.2, -0.15) is 0 Å².